The van der Waals surface area contributed by atoms with E-state index in [-0.39, 0.29) is 9.99 Å². The number of carbonyl (C=O) groups excluding carboxylic acids is 1. The summed E-state index contributed by atoms with van der Waals surface area (Å²) in [6, 6.07) is 20.4. The van der Waals surface area contributed by atoms with Crippen LogP contribution in [-0.2, 0) is 4.75 Å². The van der Waals surface area contributed by atoms with Crippen molar-refractivity contribution in [3.05, 3.63) is 71.8 Å². The largest absolute Gasteiger partial charge is 0.345 e. The van der Waals surface area contributed by atoms with Crippen LogP contribution in [0.3, 0.4) is 0 Å². The SMILES string of the molecule is O=C1NCC(c2ccccc2)(c2ccccc2)S1. The Morgan fingerprint density at radius 3 is 1.78 bits per heavy atom. The Balaban J connectivity index is 2.14. The summed E-state index contributed by atoms with van der Waals surface area (Å²) in [5.74, 6) is 0. The summed E-state index contributed by atoms with van der Waals surface area (Å²) in [5.41, 5.74) is 2.33. The molecule has 3 rings (SSSR count). The summed E-state index contributed by atoms with van der Waals surface area (Å²) in [6.07, 6.45) is 0. The van der Waals surface area contributed by atoms with Gasteiger partial charge in [0.2, 0.25) is 0 Å². The van der Waals surface area contributed by atoms with Gasteiger partial charge in [-0.25, -0.2) is 0 Å². The molecule has 90 valence electrons. The van der Waals surface area contributed by atoms with Gasteiger partial charge in [0.1, 0.15) is 0 Å². The topological polar surface area (TPSA) is 29.1 Å². The first-order valence-corrected chi connectivity index (χ1v) is 6.71. The highest BCUT2D eigenvalue weighted by molar-refractivity contribution is 8.14. The highest BCUT2D eigenvalue weighted by Gasteiger charge is 2.42. The lowest BCUT2D eigenvalue weighted by Gasteiger charge is -2.27. The van der Waals surface area contributed by atoms with Crippen molar-refractivity contribution in [2.24, 2.45) is 0 Å². The van der Waals surface area contributed by atoms with Crippen LogP contribution in [0, 0.1) is 0 Å². The number of hydrogen-bond donors (Lipinski definition) is 1. The number of carbonyl (C=O) groups is 1. The molecule has 1 aliphatic heterocycles. The molecular formula is C15H13NOS. The standard InChI is InChI=1S/C15H13NOS/c17-14-16-11-15(18-14,12-7-3-1-4-8-12)13-9-5-2-6-10-13/h1-10H,11H2,(H,16,17). The highest BCUT2D eigenvalue weighted by atomic mass is 32.2. The molecule has 2 aromatic rings. The van der Waals surface area contributed by atoms with Crippen LogP contribution >= 0.6 is 11.8 Å². The van der Waals surface area contributed by atoms with Crippen LogP contribution in [0.1, 0.15) is 11.1 Å². The van der Waals surface area contributed by atoms with Gasteiger partial charge in [0.05, 0.1) is 4.75 Å². The van der Waals surface area contributed by atoms with Crippen LogP contribution in [0.2, 0.25) is 0 Å². The second-order valence-electron chi connectivity index (χ2n) is 4.30. The van der Waals surface area contributed by atoms with E-state index in [1.807, 2.05) is 36.4 Å². The van der Waals surface area contributed by atoms with E-state index in [1.54, 1.807) is 0 Å². The lowest BCUT2D eigenvalue weighted by atomic mass is 9.90. The van der Waals surface area contributed by atoms with Crippen molar-refractivity contribution < 1.29 is 4.79 Å². The predicted molar refractivity (Wildman–Crippen MR) is 74.7 cm³/mol. The van der Waals surface area contributed by atoms with Gasteiger partial charge in [0.15, 0.2) is 0 Å². The summed E-state index contributed by atoms with van der Waals surface area (Å²) in [4.78, 5) is 11.7. The molecule has 1 heterocycles. The van der Waals surface area contributed by atoms with Gasteiger partial charge in [-0.15, -0.1) is 0 Å². The van der Waals surface area contributed by atoms with Crippen LogP contribution in [0.15, 0.2) is 60.7 Å². The summed E-state index contributed by atoms with van der Waals surface area (Å²) < 4.78 is -0.292. The Hall–Kier alpha value is -1.74. The van der Waals surface area contributed by atoms with E-state index in [1.165, 1.54) is 22.9 Å². The van der Waals surface area contributed by atoms with Crippen LogP contribution in [0.5, 0.6) is 0 Å². The van der Waals surface area contributed by atoms with Crippen molar-refractivity contribution in [3.8, 4) is 0 Å². The minimum absolute atomic E-state index is 0.0442. The van der Waals surface area contributed by atoms with Gasteiger partial charge in [-0.1, -0.05) is 60.7 Å². The van der Waals surface area contributed by atoms with Crippen molar-refractivity contribution in [2.45, 2.75) is 4.75 Å². The van der Waals surface area contributed by atoms with Crippen LogP contribution in [0.4, 0.5) is 4.79 Å². The maximum Gasteiger partial charge on any atom is 0.280 e. The molecule has 1 aliphatic rings. The average molecular weight is 255 g/mol. The molecular weight excluding hydrogens is 242 g/mol. The first kappa shape index (κ1) is 11.4. The van der Waals surface area contributed by atoms with Gasteiger partial charge in [0.25, 0.3) is 5.24 Å². The summed E-state index contributed by atoms with van der Waals surface area (Å²) in [5, 5.41) is 2.98. The Bertz CT molecular complexity index is 514. The molecule has 1 saturated heterocycles. The Labute approximate surface area is 110 Å². The van der Waals surface area contributed by atoms with Crippen LogP contribution in [-0.4, -0.2) is 11.8 Å². The number of rotatable bonds is 2. The zero-order chi connectivity index (χ0) is 12.4. The third-order valence-electron chi connectivity index (χ3n) is 3.23. The Morgan fingerprint density at radius 2 is 1.39 bits per heavy atom. The molecule has 1 N–H and O–H groups in total. The molecule has 0 saturated carbocycles. The molecule has 0 unspecified atom stereocenters. The zero-order valence-corrected chi connectivity index (χ0v) is 10.6. The van der Waals surface area contributed by atoms with E-state index < -0.39 is 0 Å². The fraction of sp³-hybridized carbons (Fsp3) is 0.133. The van der Waals surface area contributed by atoms with Crippen molar-refractivity contribution in [2.75, 3.05) is 6.54 Å². The van der Waals surface area contributed by atoms with E-state index in [0.29, 0.717) is 6.54 Å². The van der Waals surface area contributed by atoms with E-state index in [2.05, 4.69) is 29.6 Å². The van der Waals surface area contributed by atoms with Crippen LogP contribution in [0.25, 0.3) is 0 Å². The molecule has 18 heavy (non-hydrogen) atoms. The van der Waals surface area contributed by atoms with Gasteiger partial charge in [-0.3, -0.25) is 4.79 Å². The monoisotopic (exact) mass is 255 g/mol. The predicted octanol–water partition coefficient (Wildman–Crippen LogP) is 3.39. The quantitative estimate of drug-likeness (QED) is 0.891. The molecule has 0 atom stereocenters. The summed E-state index contributed by atoms with van der Waals surface area (Å²) in [6.45, 7) is 0.643. The number of nitrogens with one attached hydrogen (secondary N) is 1. The van der Waals surface area contributed by atoms with Gasteiger partial charge in [-0.2, -0.15) is 0 Å². The van der Waals surface area contributed by atoms with Crippen molar-refractivity contribution >= 4 is 17.0 Å². The lowest BCUT2D eigenvalue weighted by Crippen LogP contribution is -2.28. The highest BCUT2D eigenvalue weighted by Crippen LogP contribution is 2.45. The zero-order valence-electron chi connectivity index (χ0n) is 9.80. The van der Waals surface area contributed by atoms with Gasteiger partial charge >= 0.3 is 0 Å². The molecule has 2 nitrogen and oxygen atoms in total. The van der Waals surface area contributed by atoms with Gasteiger partial charge in [0, 0.05) is 6.54 Å². The van der Waals surface area contributed by atoms with Gasteiger partial charge in [-0.05, 0) is 22.9 Å². The maximum atomic E-state index is 11.7. The summed E-state index contributed by atoms with van der Waals surface area (Å²) in [7, 11) is 0. The molecule has 0 aromatic heterocycles. The second kappa shape index (κ2) is 4.50. The first-order valence-electron chi connectivity index (χ1n) is 5.89. The Kier molecular flexibility index (Phi) is 2.84. The van der Waals surface area contributed by atoms with E-state index in [0.717, 1.165) is 0 Å². The number of hydrogen-bond acceptors (Lipinski definition) is 2. The van der Waals surface area contributed by atoms with Crippen LogP contribution < -0.4 is 5.32 Å². The first-order chi connectivity index (χ1) is 8.81. The minimum Gasteiger partial charge on any atom is -0.345 e. The second-order valence-corrected chi connectivity index (χ2v) is 5.57. The fourth-order valence-corrected chi connectivity index (χ4v) is 3.44. The van der Waals surface area contributed by atoms with Gasteiger partial charge < -0.3 is 5.32 Å². The molecule has 1 fully saturated rings. The minimum atomic E-state index is -0.292. The third-order valence-corrected chi connectivity index (χ3v) is 4.52. The van der Waals surface area contributed by atoms with Crippen molar-refractivity contribution in [3.63, 3.8) is 0 Å². The maximum absolute atomic E-state index is 11.7. The fourth-order valence-electron chi connectivity index (χ4n) is 2.33. The molecule has 0 bridgehead atoms. The van der Waals surface area contributed by atoms with E-state index in [9.17, 15) is 4.79 Å². The molecule has 0 spiro atoms. The number of thioether (sulfide) groups is 1. The third kappa shape index (κ3) is 1.81. The number of benzene rings is 2. The van der Waals surface area contributed by atoms with E-state index >= 15 is 0 Å². The Morgan fingerprint density at radius 1 is 0.889 bits per heavy atom. The van der Waals surface area contributed by atoms with Crippen molar-refractivity contribution in [1.29, 1.82) is 0 Å². The smallest absolute Gasteiger partial charge is 0.280 e. The normalized spacial score (nSPS) is 17.4. The number of amides is 1. The summed E-state index contributed by atoms with van der Waals surface area (Å²) >= 11 is 1.37. The molecule has 2 aromatic carbocycles. The molecule has 3 heteroatoms. The molecule has 0 aliphatic carbocycles. The molecule has 0 radical (unpaired) electrons. The molecule has 1 amide bonds. The lowest BCUT2D eigenvalue weighted by molar-refractivity contribution is 0.262. The van der Waals surface area contributed by atoms with E-state index in [4.69, 9.17) is 0 Å². The average Bonchev–Trinajstić information content (AvgIpc) is 2.84. The van der Waals surface area contributed by atoms with Crippen molar-refractivity contribution in [1.82, 2.24) is 5.32 Å².